The van der Waals surface area contributed by atoms with Gasteiger partial charge in [-0.05, 0) is 43.5 Å². The molecule has 10 nitrogen and oxygen atoms in total. The van der Waals surface area contributed by atoms with Crippen LogP contribution in [-0.2, 0) is 5.75 Å². The molecule has 1 N–H and O–H groups in total. The number of rotatable bonds is 11. The van der Waals surface area contributed by atoms with Gasteiger partial charge in [-0.15, -0.1) is 21.5 Å². The Morgan fingerprint density at radius 2 is 1.86 bits per heavy atom. The fourth-order valence-electron chi connectivity index (χ4n) is 2.94. The third-order valence-electron chi connectivity index (χ3n) is 4.54. The van der Waals surface area contributed by atoms with Crippen molar-refractivity contribution in [3.8, 4) is 17.2 Å². The molecule has 13 heteroatoms. The maximum Gasteiger partial charge on any atom is 0.343 e. The Kier molecular flexibility index (Phi) is 8.93. The molecule has 0 fully saturated rings. The quantitative estimate of drug-likeness (QED) is 0.150. The predicted octanol–water partition coefficient (Wildman–Crippen LogP) is 5.11. The van der Waals surface area contributed by atoms with Crippen LogP contribution in [0, 0.1) is 0 Å². The zero-order chi connectivity index (χ0) is 26.2. The van der Waals surface area contributed by atoms with Gasteiger partial charge in [0.1, 0.15) is 12.0 Å². The van der Waals surface area contributed by atoms with Gasteiger partial charge in [0.25, 0.3) is 5.91 Å². The first kappa shape index (κ1) is 26.4. The number of thioether (sulfide) groups is 1. The molecule has 0 unspecified atom stereocenters. The van der Waals surface area contributed by atoms with Crippen LogP contribution >= 0.6 is 34.4 Å². The second-order valence-electron chi connectivity index (χ2n) is 7.09. The van der Waals surface area contributed by atoms with Crippen LogP contribution in [0.25, 0.3) is 0 Å². The SMILES string of the molecule is CCOc1ccc(C(=O)Oc2coc(CSc3nnc(NC(=O)c4cccs4)s3)cc2=O)cc1OCC. The van der Waals surface area contributed by atoms with Crippen molar-refractivity contribution in [2.75, 3.05) is 18.5 Å². The Bertz CT molecular complexity index is 1430. The van der Waals surface area contributed by atoms with Crippen LogP contribution in [0.5, 0.6) is 17.2 Å². The van der Waals surface area contributed by atoms with Crippen LogP contribution in [0.2, 0.25) is 0 Å². The van der Waals surface area contributed by atoms with Crippen LogP contribution in [0.4, 0.5) is 5.13 Å². The van der Waals surface area contributed by atoms with E-state index in [4.69, 9.17) is 18.6 Å². The lowest BCUT2D eigenvalue weighted by Crippen LogP contribution is -2.15. The molecule has 0 radical (unpaired) electrons. The number of aromatic nitrogens is 2. The zero-order valence-corrected chi connectivity index (χ0v) is 22.2. The highest BCUT2D eigenvalue weighted by atomic mass is 32.2. The largest absolute Gasteiger partial charge is 0.490 e. The fourth-order valence-corrected chi connectivity index (χ4v) is 5.20. The summed E-state index contributed by atoms with van der Waals surface area (Å²) in [6, 6.07) is 9.40. The number of ether oxygens (including phenoxy) is 3. The van der Waals surface area contributed by atoms with Crippen molar-refractivity contribution in [3.63, 3.8) is 0 Å². The number of thiophene rings is 1. The van der Waals surface area contributed by atoms with Crippen LogP contribution in [0.3, 0.4) is 0 Å². The summed E-state index contributed by atoms with van der Waals surface area (Å²) in [6.45, 7) is 4.50. The zero-order valence-electron chi connectivity index (χ0n) is 19.7. The molecule has 37 heavy (non-hydrogen) atoms. The molecular formula is C24H21N3O7S3. The number of anilines is 1. The Hall–Kier alpha value is -3.68. The first-order valence-electron chi connectivity index (χ1n) is 11.0. The molecule has 4 aromatic rings. The van der Waals surface area contributed by atoms with Crippen molar-refractivity contribution in [1.29, 1.82) is 0 Å². The van der Waals surface area contributed by atoms with Gasteiger partial charge in [0.05, 0.1) is 29.4 Å². The molecule has 0 aliphatic rings. The molecule has 1 aromatic carbocycles. The number of hydrogen-bond donors (Lipinski definition) is 1. The van der Waals surface area contributed by atoms with Gasteiger partial charge in [-0.25, -0.2) is 4.79 Å². The van der Waals surface area contributed by atoms with Gasteiger partial charge in [-0.2, -0.15) is 0 Å². The van der Waals surface area contributed by atoms with E-state index < -0.39 is 11.4 Å². The second-order valence-corrected chi connectivity index (χ2v) is 10.2. The molecule has 0 aliphatic carbocycles. The van der Waals surface area contributed by atoms with Gasteiger partial charge in [0.15, 0.2) is 15.8 Å². The van der Waals surface area contributed by atoms with Gasteiger partial charge in [0, 0.05) is 6.07 Å². The van der Waals surface area contributed by atoms with Crippen LogP contribution in [0.15, 0.2) is 61.6 Å². The molecule has 192 valence electrons. The van der Waals surface area contributed by atoms with Crippen molar-refractivity contribution in [1.82, 2.24) is 10.2 Å². The molecule has 0 aliphatic heterocycles. The van der Waals surface area contributed by atoms with Gasteiger partial charge in [-0.1, -0.05) is 29.2 Å². The number of amides is 1. The van der Waals surface area contributed by atoms with E-state index in [0.29, 0.717) is 44.8 Å². The number of benzene rings is 1. The molecule has 0 saturated carbocycles. The van der Waals surface area contributed by atoms with Crippen LogP contribution in [-0.4, -0.2) is 35.3 Å². The fraction of sp³-hybridized carbons (Fsp3) is 0.208. The van der Waals surface area contributed by atoms with E-state index in [1.54, 1.807) is 18.2 Å². The predicted molar refractivity (Wildman–Crippen MR) is 140 cm³/mol. The molecular weight excluding hydrogens is 538 g/mol. The Morgan fingerprint density at radius 1 is 1.05 bits per heavy atom. The summed E-state index contributed by atoms with van der Waals surface area (Å²) in [7, 11) is 0. The smallest absolute Gasteiger partial charge is 0.343 e. The van der Waals surface area contributed by atoms with E-state index in [1.807, 2.05) is 19.2 Å². The maximum absolute atomic E-state index is 12.6. The third-order valence-corrected chi connectivity index (χ3v) is 7.41. The van der Waals surface area contributed by atoms with Crippen molar-refractivity contribution >= 4 is 51.4 Å². The summed E-state index contributed by atoms with van der Waals surface area (Å²) >= 11 is 3.82. The maximum atomic E-state index is 12.6. The van der Waals surface area contributed by atoms with Crippen LogP contribution in [0.1, 0.15) is 39.6 Å². The summed E-state index contributed by atoms with van der Waals surface area (Å²) < 4.78 is 22.3. The van der Waals surface area contributed by atoms with E-state index >= 15 is 0 Å². The molecule has 1 amide bonds. The molecule has 0 bridgehead atoms. The first-order chi connectivity index (χ1) is 18.0. The topological polar surface area (TPSA) is 130 Å². The highest BCUT2D eigenvalue weighted by molar-refractivity contribution is 8.00. The second kappa shape index (κ2) is 12.5. The summed E-state index contributed by atoms with van der Waals surface area (Å²) in [5, 5.41) is 12.9. The number of carbonyl (C=O) groups excluding carboxylic acids is 2. The molecule has 3 heterocycles. The van der Waals surface area contributed by atoms with Crippen molar-refractivity contribution < 1.29 is 28.2 Å². The van der Waals surface area contributed by atoms with Crippen molar-refractivity contribution in [2.24, 2.45) is 0 Å². The molecule has 0 saturated heterocycles. The van der Waals surface area contributed by atoms with Gasteiger partial charge in [0.2, 0.25) is 16.3 Å². The number of nitrogens with zero attached hydrogens (tertiary/aromatic N) is 2. The van der Waals surface area contributed by atoms with Gasteiger partial charge >= 0.3 is 5.97 Å². The van der Waals surface area contributed by atoms with Gasteiger partial charge < -0.3 is 18.6 Å². The third kappa shape index (κ3) is 6.96. The lowest BCUT2D eigenvalue weighted by atomic mass is 10.2. The van der Waals surface area contributed by atoms with E-state index in [2.05, 4.69) is 15.5 Å². The molecule has 4 rings (SSSR count). The number of nitrogens with one attached hydrogen (secondary N) is 1. The summed E-state index contributed by atoms with van der Waals surface area (Å²) in [5.41, 5.74) is -0.309. The lowest BCUT2D eigenvalue weighted by Gasteiger charge is -2.12. The first-order valence-corrected chi connectivity index (χ1v) is 13.7. The monoisotopic (exact) mass is 559 g/mol. The number of hydrogen-bond acceptors (Lipinski definition) is 12. The summed E-state index contributed by atoms with van der Waals surface area (Å²) in [5.74, 6) is 0.337. The highest BCUT2D eigenvalue weighted by Gasteiger charge is 2.17. The molecule has 0 atom stereocenters. The number of carbonyl (C=O) groups is 2. The van der Waals surface area contributed by atoms with Gasteiger partial charge in [-0.3, -0.25) is 14.9 Å². The standard InChI is InChI=1S/C24H21N3O7S3/c1-3-31-17-8-7-14(10-18(17)32-4-2)22(30)34-19-12-33-15(11-16(19)28)13-36-24-27-26-23(37-24)25-21(29)20-6-5-9-35-20/h5-12H,3-4,13H2,1-2H3,(H,25,26,29). The minimum Gasteiger partial charge on any atom is -0.490 e. The highest BCUT2D eigenvalue weighted by Crippen LogP contribution is 2.30. The van der Waals surface area contributed by atoms with E-state index in [-0.39, 0.29) is 23.0 Å². The average Bonchev–Trinajstić information content (AvgIpc) is 3.58. The molecule has 0 spiro atoms. The van der Waals surface area contributed by atoms with E-state index in [1.165, 1.54) is 52.6 Å². The Balaban J connectivity index is 1.35. The minimum atomic E-state index is -0.732. The van der Waals surface area contributed by atoms with Crippen LogP contribution < -0.4 is 25.0 Å². The minimum absolute atomic E-state index is 0.198. The van der Waals surface area contributed by atoms with Crippen molar-refractivity contribution in [2.45, 2.75) is 23.9 Å². The Morgan fingerprint density at radius 3 is 2.59 bits per heavy atom. The average molecular weight is 560 g/mol. The summed E-state index contributed by atoms with van der Waals surface area (Å²) in [6.07, 6.45) is 1.10. The normalized spacial score (nSPS) is 10.6. The van der Waals surface area contributed by atoms with E-state index in [0.717, 1.165) is 6.26 Å². The van der Waals surface area contributed by atoms with E-state index in [9.17, 15) is 14.4 Å². The van der Waals surface area contributed by atoms with Crippen molar-refractivity contribution in [3.05, 3.63) is 74.5 Å². The molecule has 3 aromatic heterocycles. The lowest BCUT2D eigenvalue weighted by molar-refractivity contribution is 0.0728. The summed E-state index contributed by atoms with van der Waals surface area (Å²) in [4.78, 5) is 37.8. The number of esters is 1. The Labute approximate surface area is 223 Å².